The minimum atomic E-state index is 0.426. The Hall–Kier alpha value is 0.610. The first-order valence-corrected chi connectivity index (χ1v) is 10.1. The molecular formula is C12H20N2S4. The monoisotopic (exact) mass is 320 g/mol. The minimum absolute atomic E-state index is 0.426. The Balaban J connectivity index is 1.93. The topological polar surface area (TPSA) is 25.8 Å². The van der Waals surface area contributed by atoms with E-state index < -0.39 is 0 Å². The van der Waals surface area contributed by atoms with E-state index in [1.165, 1.54) is 38.5 Å². The van der Waals surface area contributed by atoms with E-state index in [1.54, 1.807) is 23.1 Å². The summed E-state index contributed by atoms with van der Waals surface area (Å²) in [4.78, 5) is 0. The summed E-state index contributed by atoms with van der Waals surface area (Å²) in [6, 6.07) is 0. The summed E-state index contributed by atoms with van der Waals surface area (Å²) >= 11 is 9.89. The van der Waals surface area contributed by atoms with Gasteiger partial charge in [0.05, 0.1) is 0 Å². The Morgan fingerprint density at radius 1 is 1.17 bits per heavy atom. The molecule has 0 aromatic carbocycles. The minimum Gasteiger partial charge on any atom is -0.179 e. The third kappa shape index (κ3) is 4.05. The fraction of sp³-hybridized carbons (Fsp3) is 0.833. The number of hydrogen-bond donors (Lipinski definition) is 1. The van der Waals surface area contributed by atoms with E-state index in [-0.39, 0.29) is 0 Å². The Bertz CT molecular complexity index is 359. The van der Waals surface area contributed by atoms with Gasteiger partial charge in [0, 0.05) is 5.75 Å². The van der Waals surface area contributed by atoms with Crippen molar-refractivity contribution in [3.8, 4) is 0 Å². The molecule has 1 aromatic rings. The molecule has 1 saturated carbocycles. The second-order valence-corrected chi connectivity index (χ2v) is 8.47. The number of aromatic nitrogens is 2. The zero-order valence-electron chi connectivity index (χ0n) is 10.7. The molecule has 0 saturated heterocycles. The van der Waals surface area contributed by atoms with Crippen molar-refractivity contribution in [1.29, 1.82) is 0 Å². The van der Waals surface area contributed by atoms with Crippen LogP contribution in [-0.2, 0) is 0 Å². The predicted molar refractivity (Wildman–Crippen MR) is 86.4 cm³/mol. The predicted octanol–water partition coefficient (Wildman–Crippen LogP) is 4.62. The maximum absolute atomic E-state index is 4.62. The summed E-state index contributed by atoms with van der Waals surface area (Å²) in [6.45, 7) is 0. The largest absolute Gasteiger partial charge is 0.179 e. The first kappa shape index (κ1) is 15.0. The molecule has 1 aliphatic carbocycles. The van der Waals surface area contributed by atoms with Crippen LogP contribution in [0.3, 0.4) is 0 Å². The average molecular weight is 321 g/mol. The van der Waals surface area contributed by atoms with Crippen LogP contribution in [0.5, 0.6) is 0 Å². The van der Waals surface area contributed by atoms with Gasteiger partial charge in [0.1, 0.15) is 0 Å². The van der Waals surface area contributed by atoms with E-state index in [4.69, 9.17) is 0 Å². The summed E-state index contributed by atoms with van der Waals surface area (Å²) in [7, 11) is 0. The normalized spacial score (nSPS) is 19.7. The lowest BCUT2D eigenvalue weighted by molar-refractivity contribution is 0.332. The van der Waals surface area contributed by atoms with Crippen LogP contribution in [0, 0.1) is 5.41 Å². The van der Waals surface area contributed by atoms with Gasteiger partial charge in [-0.05, 0) is 30.3 Å². The summed E-state index contributed by atoms with van der Waals surface area (Å²) in [6.07, 6.45) is 10.2. The molecular weight excluding hydrogens is 300 g/mol. The first-order valence-electron chi connectivity index (χ1n) is 6.39. The van der Waals surface area contributed by atoms with E-state index >= 15 is 0 Å². The Kier molecular flexibility index (Phi) is 6.18. The smallest absolute Gasteiger partial charge is 0.175 e. The molecule has 0 spiro atoms. The van der Waals surface area contributed by atoms with Gasteiger partial charge < -0.3 is 0 Å². The summed E-state index contributed by atoms with van der Waals surface area (Å²) in [5.74, 6) is 2.16. The van der Waals surface area contributed by atoms with E-state index in [2.05, 4.69) is 29.1 Å². The molecule has 1 aromatic heterocycles. The van der Waals surface area contributed by atoms with E-state index in [0.717, 1.165) is 20.2 Å². The maximum Gasteiger partial charge on any atom is 0.175 e. The number of rotatable bonds is 5. The van der Waals surface area contributed by atoms with E-state index in [1.807, 2.05) is 11.8 Å². The molecule has 2 nitrogen and oxygen atoms in total. The second kappa shape index (κ2) is 7.41. The quantitative estimate of drug-likeness (QED) is 0.486. The molecule has 0 aliphatic heterocycles. The van der Waals surface area contributed by atoms with Crippen molar-refractivity contribution < 1.29 is 0 Å². The van der Waals surface area contributed by atoms with Crippen molar-refractivity contribution in [2.24, 2.45) is 5.41 Å². The highest BCUT2D eigenvalue weighted by Crippen LogP contribution is 2.41. The molecule has 6 heteroatoms. The fourth-order valence-corrected chi connectivity index (χ4v) is 5.69. The lowest BCUT2D eigenvalue weighted by atomic mass is 9.84. The standard InChI is InChI=1S/C12H20N2S4/c1-16-10-13-14-11(18-10)17-9-12(8-15)6-4-2-3-5-7-12/h15H,2-9H2,1H3. The van der Waals surface area contributed by atoms with Crippen molar-refractivity contribution in [3.05, 3.63) is 0 Å². The van der Waals surface area contributed by atoms with Crippen LogP contribution < -0.4 is 0 Å². The molecule has 0 atom stereocenters. The zero-order valence-corrected chi connectivity index (χ0v) is 14.1. The lowest BCUT2D eigenvalue weighted by Gasteiger charge is -2.30. The molecule has 0 N–H and O–H groups in total. The average Bonchev–Trinajstić information content (AvgIpc) is 2.74. The molecule has 0 unspecified atom stereocenters. The van der Waals surface area contributed by atoms with Gasteiger partial charge in [-0.3, -0.25) is 0 Å². The van der Waals surface area contributed by atoms with Crippen molar-refractivity contribution in [1.82, 2.24) is 10.2 Å². The SMILES string of the molecule is CSc1nnc(SCC2(CS)CCCCCC2)s1. The number of thioether (sulfide) groups is 2. The number of thiol groups is 1. The van der Waals surface area contributed by atoms with Gasteiger partial charge in [-0.25, -0.2) is 0 Å². The van der Waals surface area contributed by atoms with Crippen molar-refractivity contribution in [3.63, 3.8) is 0 Å². The fourth-order valence-electron chi connectivity index (χ4n) is 2.38. The molecule has 0 radical (unpaired) electrons. The van der Waals surface area contributed by atoms with Crippen LogP contribution in [-0.4, -0.2) is 28.0 Å². The first-order chi connectivity index (χ1) is 8.78. The summed E-state index contributed by atoms with van der Waals surface area (Å²) in [5.41, 5.74) is 0.426. The lowest BCUT2D eigenvalue weighted by Crippen LogP contribution is -2.25. The Morgan fingerprint density at radius 2 is 1.83 bits per heavy atom. The van der Waals surface area contributed by atoms with Gasteiger partial charge in [0.25, 0.3) is 0 Å². The summed E-state index contributed by atoms with van der Waals surface area (Å²) in [5, 5.41) is 8.40. The van der Waals surface area contributed by atoms with Crippen LogP contribution >= 0.6 is 47.5 Å². The molecule has 1 heterocycles. The Morgan fingerprint density at radius 3 is 2.39 bits per heavy atom. The molecule has 1 fully saturated rings. The van der Waals surface area contributed by atoms with Gasteiger partial charge >= 0.3 is 0 Å². The van der Waals surface area contributed by atoms with Crippen LogP contribution in [0.15, 0.2) is 8.68 Å². The number of hydrogen-bond acceptors (Lipinski definition) is 6. The van der Waals surface area contributed by atoms with Gasteiger partial charge in [0.2, 0.25) is 0 Å². The van der Waals surface area contributed by atoms with Crippen molar-refractivity contribution in [2.75, 3.05) is 17.8 Å². The van der Waals surface area contributed by atoms with E-state index in [9.17, 15) is 0 Å². The highest BCUT2D eigenvalue weighted by molar-refractivity contribution is 8.03. The van der Waals surface area contributed by atoms with E-state index in [0.29, 0.717) is 5.41 Å². The van der Waals surface area contributed by atoms with Crippen molar-refractivity contribution in [2.45, 2.75) is 47.2 Å². The third-order valence-corrected chi connectivity index (χ3v) is 7.62. The maximum atomic E-state index is 4.62. The molecule has 18 heavy (non-hydrogen) atoms. The zero-order chi connectivity index (χ0) is 12.8. The van der Waals surface area contributed by atoms with Crippen molar-refractivity contribution >= 4 is 47.5 Å². The van der Waals surface area contributed by atoms with Crippen LogP contribution in [0.4, 0.5) is 0 Å². The van der Waals surface area contributed by atoms with Gasteiger partial charge in [-0.1, -0.05) is 60.5 Å². The van der Waals surface area contributed by atoms with Crippen LogP contribution in [0.2, 0.25) is 0 Å². The third-order valence-electron chi connectivity index (χ3n) is 3.56. The highest BCUT2D eigenvalue weighted by Gasteiger charge is 2.30. The number of nitrogens with zero attached hydrogens (tertiary/aromatic N) is 2. The molecule has 102 valence electrons. The summed E-state index contributed by atoms with van der Waals surface area (Å²) < 4.78 is 2.18. The second-order valence-electron chi connectivity index (χ2n) is 4.90. The molecule has 2 rings (SSSR count). The Labute approximate surface area is 128 Å². The van der Waals surface area contributed by atoms with Gasteiger partial charge in [0.15, 0.2) is 8.68 Å². The molecule has 1 aliphatic rings. The molecule has 0 bridgehead atoms. The van der Waals surface area contributed by atoms with Gasteiger partial charge in [-0.15, -0.1) is 10.2 Å². The van der Waals surface area contributed by atoms with Crippen LogP contribution in [0.1, 0.15) is 38.5 Å². The highest BCUT2D eigenvalue weighted by atomic mass is 32.2. The van der Waals surface area contributed by atoms with Crippen LogP contribution in [0.25, 0.3) is 0 Å². The molecule has 0 amide bonds. The van der Waals surface area contributed by atoms with Gasteiger partial charge in [-0.2, -0.15) is 12.6 Å².